The monoisotopic (exact) mass is 264 g/mol. The highest BCUT2D eigenvalue weighted by atomic mass is 35.5. The second-order valence-corrected chi connectivity index (χ2v) is 3.62. The van der Waals surface area contributed by atoms with E-state index in [9.17, 15) is 13.6 Å². The van der Waals surface area contributed by atoms with Gasteiger partial charge in [-0.05, 0) is 18.6 Å². The molecular weight excluding hydrogens is 254 g/mol. The summed E-state index contributed by atoms with van der Waals surface area (Å²) in [7, 11) is 0. The first-order valence-electron chi connectivity index (χ1n) is 4.81. The number of carbonyl (C=O) groups excluding carboxylic acids is 1. The minimum Gasteiger partial charge on any atom is -0.462 e. The van der Waals surface area contributed by atoms with Gasteiger partial charge in [0.1, 0.15) is 11.2 Å². The summed E-state index contributed by atoms with van der Waals surface area (Å²) in [4.78, 5) is 14.7. The summed E-state index contributed by atoms with van der Waals surface area (Å²) in [6, 6.07) is 0.789. The standard InChI is InChI=1S/C10H11ClF2N2O2/c1-2-17-9(16)10(12,13)8(14)6-3-4-7(11)15-5-6/h3-5,8H,2,14H2,1H3/t8-/m1/s1. The number of ether oxygens (including phenoxy) is 1. The molecule has 0 unspecified atom stereocenters. The maximum Gasteiger partial charge on any atom is 0.379 e. The van der Waals surface area contributed by atoms with E-state index in [1.165, 1.54) is 19.1 Å². The Bertz CT molecular complexity index is 398. The summed E-state index contributed by atoms with van der Waals surface area (Å²) >= 11 is 5.51. The van der Waals surface area contributed by atoms with E-state index in [0.29, 0.717) is 0 Å². The Kier molecular flexibility index (Phi) is 4.36. The van der Waals surface area contributed by atoms with Gasteiger partial charge in [-0.1, -0.05) is 17.7 Å². The average molecular weight is 265 g/mol. The quantitative estimate of drug-likeness (QED) is 0.667. The molecule has 0 fully saturated rings. The van der Waals surface area contributed by atoms with Crippen LogP contribution in [0.1, 0.15) is 18.5 Å². The van der Waals surface area contributed by atoms with Crippen molar-refractivity contribution in [2.75, 3.05) is 6.61 Å². The van der Waals surface area contributed by atoms with Gasteiger partial charge in [-0.2, -0.15) is 8.78 Å². The highest BCUT2D eigenvalue weighted by Crippen LogP contribution is 2.30. The summed E-state index contributed by atoms with van der Waals surface area (Å²) < 4.78 is 31.3. The highest BCUT2D eigenvalue weighted by molar-refractivity contribution is 6.29. The van der Waals surface area contributed by atoms with Crippen LogP contribution in [0.4, 0.5) is 8.78 Å². The van der Waals surface area contributed by atoms with Gasteiger partial charge in [0.2, 0.25) is 0 Å². The summed E-state index contributed by atoms with van der Waals surface area (Å²) in [5.41, 5.74) is 5.33. The molecule has 1 aromatic rings. The topological polar surface area (TPSA) is 65.2 Å². The Morgan fingerprint density at radius 2 is 2.29 bits per heavy atom. The molecule has 0 spiro atoms. The number of nitrogens with zero attached hydrogens (tertiary/aromatic N) is 1. The Balaban J connectivity index is 2.91. The maximum atomic E-state index is 13.5. The average Bonchev–Trinajstić information content (AvgIpc) is 2.29. The SMILES string of the molecule is CCOC(=O)C(F)(F)[C@H](N)c1ccc(Cl)nc1. The number of pyridine rings is 1. The largest absolute Gasteiger partial charge is 0.462 e. The van der Waals surface area contributed by atoms with Gasteiger partial charge in [-0.15, -0.1) is 0 Å². The number of hydrogen-bond acceptors (Lipinski definition) is 4. The number of esters is 1. The van der Waals surface area contributed by atoms with Crippen LogP contribution < -0.4 is 5.73 Å². The van der Waals surface area contributed by atoms with Gasteiger partial charge in [0.15, 0.2) is 0 Å². The fourth-order valence-electron chi connectivity index (χ4n) is 1.13. The molecule has 0 aliphatic carbocycles. The molecule has 1 rings (SSSR count). The van der Waals surface area contributed by atoms with Crippen molar-refractivity contribution in [3.05, 3.63) is 29.0 Å². The van der Waals surface area contributed by atoms with Crippen LogP contribution in [0.25, 0.3) is 0 Å². The Morgan fingerprint density at radius 3 is 2.76 bits per heavy atom. The second-order valence-electron chi connectivity index (χ2n) is 3.24. The molecule has 0 amide bonds. The Labute approximate surface area is 102 Å². The van der Waals surface area contributed by atoms with E-state index in [0.717, 1.165) is 6.20 Å². The lowest BCUT2D eigenvalue weighted by Crippen LogP contribution is -2.41. The number of nitrogens with two attached hydrogens (primary N) is 1. The van der Waals surface area contributed by atoms with Crippen LogP contribution in [0, 0.1) is 0 Å². The second kappa shape index (κ2) is 5.37. The fraction of sp³-hybridized carbons (Fsp3) is 0.400. The molecule has 7 heteroatoms. The van der Waals surface area contributed by atoms with Gasteiger partial charge in [0.25, 0.3) is 0 Å². The molecule has 0 aliphatic heterocycles. The van der Waals surface area contributed by atoms with Gasteiger partial charge in [-0.3, -0.25) is 0 Å². The van der Waals surface area contributed by atoms with Crippen molar-refractivity contribution in [1.29, 1.82) is 0 Å². The van der Waals surface area contributed by atoms with E-state index in [-0.39, 0.29) is 17.3 Å². The molecular formula is C10H11ClF2N2O2. The first-order chi connectivity index (χ1) is 7.89. The van der Waals surface area contributed by atoms with Crippen LogP contribution in [0.2, 0.25) is 5.15 Å². The normalized spacial score (nSPS) is 13.2. The third-order valence-electron chi connectivity index (χ3n) is 2.05. The van der Waals surface area contributed by atoms with Crippen molar-refractivity contribution >= 4 is 17.6 Å². The van der Waals surface area contributed by atoms with Crippen molar-refractivity contribution in [3.63, 3.8) is 0 Å². The molecule has 0 radical (unpaired) electrons. The van der Waals surface area contributed by atoms with Gasteiger partial charge < -0.3 is 10.5 Å². The van der Waals surface area contributed by atoms with Crippen molar-refractivity contribution in [2.45, 2.75) is 18.9 Å². The predicted octanol–water partition coefficient (Wildman–Crippen LogP) is 1.93. The zero-order chi connectivity index (χ0) is 13.1. The molecule has 4 nitrogen and oxygen atoms in total. The van der Waals surface area contributed by atoms with E-state index >= 15 is 0 Å². The molecule has 0 aliphatic rings. The number of alkyl halides is 2. The molecule has 17 heavy (non-hydrogen) atoms. The van der Waals surface area contributed by atoms with Crippen LogP contribution >= 0.6 is 11.6 Å². The first kappa shape index (κ1) is 13.8. The third kappa shape index (κ3) is 3.10. The van der Waals surface area contributed by atoms with Crippen LogP contribution in [-0.2, 0) is 9.53 Å². The molecule has 0 saturated carbocycles. The summed E-state index contributed by atoms with van der Waals surface area (Å²) in [5, 5.41) is 0.153. The van der Waals surface area contributed by atoms with Crippen LogP contribution in [0.3, 0.4) is 0 Å². The molecule has 0 saturated heterocycles. The molecule has 0 bridgehead atoms. The molecule has 1 aromatic heterocycles. The van der Waals surface area contributed by atoms with Crippen LogP contribution in [0.15, 0.2) is 18.3 Å². The van der Waals surface area contributed by atoms with Crippen LogP contribution in [0.5, 0.6) is 0 Å². The van der Waals surface area contributed by atoms with Crippen molar-refractivity contribution in [1.82, 2.24) is 4.98 Å². The predicted molar refractivity (Wildman–Crippen MR) is 57.8 cm³/mol. The van der Waals surface area contributed by atoms with E-state index in [1.54, 1.807) is 0 Å². The smallest absolute Gasteiger partial charge is 0.379 e. The lowest BCUT2D eigenvalue weighted by molar-refractivity contribution is -0.174. The number of hydrogen-bond donors (Lipinski definition) is 1. The van der Waals surface area contributed by atoms with Gasteiger partial charge in [0.05, 0.1) is 6.61 Å². The minimum atomic E-state index is -3.80. The van der Waals surface area contributed by atoms with Crippen LogP contribution in [-0.4, -0.2) is 23.5 Å². The maximum absolute atomic E-state index is 13.5. The summed E-state index contributed by atoms with van der Waals surface area (Å²) in [6.07, 6.45) is 1.10. The molecule has 2 N–H and O–H groups in total. The van der Waals surface area contributed by atoms with Crippen molar-refractivity contribution in [3.8, 4) is 0 Å². The van der Waals surface area contributed by atoms with E-state index in [1.807, 2.05) is 0 Å². The van der Waals surface area contributed by atoms with Crippen molar-refractivity contribution in [2.24, 2.45) is 5.73 Å². The van der Waals surface area contributed by atoms with Gasteiger partial charge >= 0.3 is 11.9 Å². The summed E-state index contributed by atoms with van der Waals surface area (Å²) in [6.45, 7) is 1.30. The van der Waals surface area contributed by atoms with Gasteiger partial charge in [0, 0.05) is 6.20 Å². The zero-order valence-corrected chi connectivity index (χ0v) is 9.75. The van der Waals surface area contributed by atoms with E-state index < -0.39 is 17.9 Å². The van der Waals surface area contributed by atoms with E-state index in [2.05, 4.69) is 9.72 Å². The first-order valence-corrected chi connectivity index (χ1v) is 5.19. The number of halogens is 3. The highest BCUT2D eigenvalue weighted by Gasteiger charge is 2.47. The molecule has 0 aromatic carbocycles. The molecule has 94 valence electrons. The third-order valence-corrected chi connectivity index (χ3v) is 2.27. The molecule has 1 heterocycles. The Morgan fingerprint density at radius 1 is 1.65 bits per heavy atom. The van der Waals surface area contributed by atoms with E-state index in [4.69, 9.17) is 17.3 Å². The fourth-order valence-corrected chi connectivity index (χ4v) is 1.25. The number of rotatable bonds is 4. The zero-order valence-electron chi connectivity index (χ0n) is 8.99. The number of aromatic nitrogens is 1. The minimum absolute atomic E-state index is 0.00690. The lowest BCUT2D eigenvalue weighted by atomic mass is 10.0. The lowest BCUT2D eigenvalue weighted by Gasteiger charge is -2.21. The number of carbonyl (C=O) groups is 1. The summed E-state index contributed by atoms with van der Waals surface area (Å²) in [5.74, 6) is -5.45. The van der Waals surface area contributed by atoms with Crippen molar-refractivity contribution < 1.29 is 18.3 Å². The molecule has 1 atom stereocenters. The van der Waals surface area contributed by atoms with Gasteiger partial charge in [-0.25, -0.2) is 9.78 Å². The Hall–Kier alpha value is -1.27.